The summed E-state index contributed by atoms with van der Waals surface area (Å²) in [6.07, 6.45) is 4.54. The highest BCUT2D eigenvalue weighted by atomic mass is 32.1. The number of aromatic nitrogens is 2. The molecule has 0 aromatic carbocycles. The maximum absolute atomic E-state index is 5.50. The first-order valence-electron chi connectivity index (χ1n) is 5.23. The fourth-order valence-corrected chi connectivity index (χ4v) is 1.57. The number of nitrogens with two attached hydrogens (primary N) is 1. The van der Waals surface area contributed by atoms with Gasteiger partial charge in [0.1, 0.15) is 0 Å². The third-order valence-electron chi connectivity index (χ3n) is 2.33. The molecule has 0 aliphatic carbocycles. The molecule has 2 N–H and O–H groups in total. The third-order valence-corrected chi connectivity index (χ3v) is 2.53. The fraction of sp³-hybridized carbons (Fsp3) is 0.600. The zero-order valence-corrected chi connectivity index (χ0v) is 10.1. The summed E-state index contributed by atoms with van der Waals surface area (Å²) in [7, 11) is 0. The van der Waals surface area contributed by atoms with Crippen LogP contribution >= 0.6 is 12.2 Å². The minimum atomic E-state index is 0.558. The third kappa shape index (κ3) is 3.20. The lowest BCUT2D eigenvalue weighted by Crippen LogP contribution is -2.29. The predicted octanol–water partition coefficient (Wildman–Crippen LogP) is 1.41. The Labute approximate surface area is 96.1 Å². The summed E-state index contributed by atoms with van der Waals surface area (Å²) in [6, 6.07) is 0. The number of rotatable bonds is 6. The first-order valence-corrected chi connectivity index (χ1v) is 5.64. The lowest BCUT2D eigenvalue weighted by molar-refractivity contribution is 0.705. The standard InChI is InChI=1S/C10H18N4S/c1-3-13(7-5-9(11)15)10-12-6-8-14(10)4-2/h6,8H,3-5,7H2,1-2H3,(H2,11,15). The van der Waals surface area contributed by atoms with E-state index < -0.39 is 0 Å². The van der Waals surface area contributed by atoms with Crippen molar-refractivity contribution < 1.29 is 0 Å². The SMILES string of the molecule is CCN(CCC(N)=S)c1nccn1CC. The highest BCUT2D eigenvalue weighted by Gasteiger charge is 2.09. The number of hydrogen-bond donors (Lipinski definition) is 1. The zero-order chi connectivity index (χ0) is 11.3. The molecule has 0 spiro atoms. The highest BCUT2D eigenvalue weighted by molar-refractivity contribution is 7.80. The van der Waals surface area contributed by atoms with Crippen molar-refractivity contribution in [1.82, 2.24) is 9.55 Å². The molecule has 1 rings (SSSR count). The Bertz CT molecular complexity index is 321. The molecule has 0 saturated carbocycles. The normalized spacial score (nSPS) is 10.3. The molecule has 1 heterocycles. The van der Waals surface area contributed by atoms with Gasteiger partial charge in [0, 0.05) is 38.4 Å². The van der Waals surface area contributed by atoms with Gasteiger partial charge in [0.15, 0.2) is 0 Å². The van der Waals surface area contributed by atoms with Crippen LogP contribution in [-0.4, -0.2) is 27.6 Å². The summed E-state index contributed by atoms with van der Waals surface area (Å²) in [5.41, 5.74) is 5.50. The van der Waals surface area contributed by atoms with E-state index in [1.165, 1.54) is 0 Å². The van der Waals surface area contributed by atoms with Crippen LogP contribution in [0, 0.1) is 0 Å². The van der Waals surface area contributed by atoms with Gasteiger partial charge in [-0.3, -0.25) is 0 Å². The molecule has 0 atom stereocenters. The Morgan fingerprint density at radius 1 is 1.60 bits per heavy atom. The molecule has 0 aliphatic rings. The van der Waals surface area contributed by atoms with Crippen molar-refractivity contribution in [2.24, 2.45) is 5.73 Å². The Hall–Kier alpha value is -1.10. The van der Waals surface area contributed by atoms with Crippen LogP contribution in [0.25, 0.3) is 0 Å². The van der Waals surface area contributed by atoms with Gasteiger partial charge >= 0.3 is 0 Å². The second-order valence-electron chi connectivity index (χ2n) is 3.31. The van der Waals surface area contributed by atoms with Crippen LogP contribution in [0.1, 0.15) is 20.3 Å². The fourth-order valence-electron chi connectivity index (χ4n) is 1.48. The maximum atomic E-state index is 5.50. The summed E-state index contributed by atoms with van der Waals surface area (Å²) in [4.78, 5) is 7.08. The van der Waals surface area contributed by atoms with E-state index in [9.17, 15) is 0 Å². The van der Waals surface area contributed by atoms with Crippen LogP contribution in [0.4, 0.5) is 5.95 Å². The van der Waals surface area contributed by atoms with E-state index in [1.54, 1.807) is 0 Å². The zero-order valence-electron chi connectivity index (χ0n) is 9.31. The van der Waals surface area contributed by atoms with Gasteiger partial charge in [-0.1, -0.05) is 12.2 Å². The summed E-state index contributed by atoms with van der Waals surface area (Å²) < 4.78 is 2.11. The predicted molar refractivity (Wildman–Crippen MR) is 67.2 cm³/mol. The van der Waals surface area contributed by atoms with Crippen LogP contribution in [0.2, 0.25) is 0 Å². The topological polar surface area (TPSA) is 47.1 Å². The quantitative estimate of drug-likeness (QED) is 0.745. The molecule has 5 heteroatoms. The van der Waals surface area contributed by atoms with E-state index in [4.69, 9.17) is 18.0 Å². The van der Waals surface area contributed by atoms with E-state index in [0.29, 0.717) is 4.99 Å². The van der Waals surface area contributed by atoms with E-state index in [2.05, 4.69) is 28.3 Å². The van der Waals surface area contributed by atoms with Crippen molar-refractivity contribution in [1.29, 1.82) is 0 Å². The summed E-state index contributed by atoms with van der Waals surface area (Å²) in [6.45, 7) is 6.89. The number of hydrogen-bond acceptors (Lipinski definition) is 3. The molecule has 1 aromatic rings. The van der Waals surface area contributed by atoms with Gasteiger partial charge < -0.3 is 15.2 Å². The average Bonchev–Trinajstić information content (AvgIpc) is 2.66. The molecular formula is C10H18N4S. The van der Waals surface area contributed by atoms with Crippen molar-refractivity contribution in [2.45, 2.75) is 26.8 Å². The average molecular weight is 226 g/mol. The molecule has 0 fully saturated rings. The molecule has 0 aliphatic heterocycles. The molecule has 15 heavy (non-hydrogen) atoms. The molecule has 0 saturated heterocycles. The molecule has 84 valence electrons. The maximum Gasteiger partial charge on any atom is 0.205 e. The van der Waals surface area contributed by atoms with Crippen molar-refractivity contribution in [2.75, 3.05) is 18.0 Å². The van der Waals surface area contributed by atoms with Gasteiger partial charge in [0.2, 0.25) is 5.95 Å². The number of nitrogens with zero attached hydrogens (tertiary/aromatic N) is 3. The van der Waals surface area contributed by atoms with Gasteiger partial charge in [-0.05, 0) is 13.8 Å². The van der Waals surface area contributed by atoms with Crippen LogP contribution in [0.5, 0.6) is 0 Å². The Kier molecular flexibility index (Phi) is 4.55. The Balaban J connectivity index is 2.69. The van der Waals surface area contributed by atoms with Crippen LogP contribution in [0.15, 0.2) is 12.4 Å². The molecule has 0 amide bonds. The minimum Gasteiger partial charge on any atom is -0.393 e. The van der Waals surface area contributed by atoms with Crippen LogP contribution < -0.4 is 10.6 Å². The Morgan fingerprint density at radius 2 is 2.33 bits per heavy atom. The van der Waals surface area contributed by atoms with E-state index >= 15 is 0 Å². The lowest BCUT2D eigenvalue weighted by atomic mass is 10.4. The largest absolute Gasteiger partial charge is 0.393 e. The number of imidazole rings is 1. The smallest absolute Gasteiger partial charge is 0.205 e. The molecule has 1 aromatic heterocycles. The number of aryl methyl sites for hydroxylation is 1. The van der Waals surface area contributed by atoms with E-state index in [1.807, 2.05) is 12.4 Å². The van der Waals surface area contributed by atoms with E-state index in [-0.39, 0.29) is 0 Å². The van der Waals surface area contributed by atoms with Gasteiger partial charge in [-0.2, -0.15) is 0 Å². The first-order chi connectivity index (χ1) is 7.19. The van der Waals surface area contributed by atoms with Crippen LogP contribution in [-0.2, 0) is 6.54 Å². The van der Waals surface area contributed by atoms with E-state index in [0.717, 1.165) is 32.0 Å². The van der Waals surface area contributed by atoms with Gasteiger partial charge in [-0.25, -0.2) is 4.98 Å². The van der Waals surface area contributed by atoms with Gasteiger partial charge in [-0.15, -0.1) is 0 Å². The second-order valence-corrected chi connectivity index (χ2v) is 3.83. The lowest BCUT2D eigenvalue weighted by Gasteiger charge is -2.22. The highest BCUT2D eigenvalue weighted by Crippen LogP contribution is 2.11. The van der Waals surface area contributed by atoms with Crippen molar-refractivity contribution >= 4 is 23.2 Å². The van der Waals surface area contributed by atoms with Crippen molar-refractivity contribution in [3.05, 3.63) is 12.4 Å². The van der Waals surface area contributed by atoms with Gasteiger partial charge in [0.25, 0.3) is 0 Å². The molecule has 0 radical (unpaired) electrons. The first kappa shape index (κ1) is 12.0. The van der Waals surface area contributed by atoms with Crippen LogP contribution in [0.3, 0.4) is 0 Å². The molecule has 0 bridgehead atoms. The Morgan fingerprint density at radius 3 is 2.87 bits per heavy atom. The summed E-state index contributed by atoms with van der Waals surface area (Å²) >= 11 is 4.88. The summed E-state index contributed by atoms with van der Waals surface area (Å²) in [5, 5.41) is 0. The van der Waals surface area contributed by atoms with Crippen molar-refractivity contribution in [3.8, 4) is 0 Å². The van der Waals surface area contributed by atoms with Gasteiger partial charge in [0.05, 0.1) is 4.99 Å². The van der Waals surface area contributed by atoms with Crippen molar-refractivity contribution in [3.63, 3.8) is 0 Å². The second kappa shape index (κ2) is 5.70. The number of anilines is 1. The number of thiocarbonyl (C=S) groups is 1. The summed E-state index contributed by atoms with van der Waals surface area (Å²) in [5.74, 6) is 0.997. The minimum absolute atomic E-state index is 0.558. The molecular weight excluding hydrogens is 208 g/mol. The molecule has 0 unspecified atom stereocenters. The molecule has 4 nitrogen and oxygen atoms in total. The monoisotopic (exact) mass is 226 g/mol.